The second-order valence-corrected chi connectivity index (χ2v) is 8.83. The summed E-state index contributed by atoms with van der Waals surface area (Å²) in [7, 11) is -3.87. The van der Waals surface area contributed by atoms with Crippen molar-refractivity contribution in [2.45, 2.75) is 18.0 Å². The van der Waals surface area contributed by atoms with E-state index >= 15 is 0 Å². The van der Waals surface area contributed by atoms with E-state index in [2.05, 4.69) is 0 Å². The quantitative estimate of drug-likeness (QED) is 0.813. The molecule has 0 bridgehead atoms. The molecule has 0 unspecified atom stereocenters. The maximum atomic E-state index is 13.9. The molecule has 6 nitrogen and oxygen atoms in total. The number of quaternary nitrogens is 1. The molecule has 1 fully saturated rings. The van der Waals surface area contributed by atoms with Crippen LogP contribution in [0.25, 0.3) is 0 Å². The van der Waals surface area contributed by atoms with Gasteiger partial charge in [-0.2, -0.15) is 4.31 Å². The second-order valence-electron chi connectivity index (χ2n) is 6.93. The molecular weight excluding hydrogens is 390 g/mol. The summed E-state index contributed by atoms with van der Waals surface area (Å²) in [5.74, 6) is -0.437. The Morgan fingerprint density at radius 2 is 1.86 bits per heavy atom. The summed E-state index contributed by atoms with van der Waals surface area (Å²) in [5.41, 5.74) is 1.43. The number of fused-ring (bicyclic) bond motifs is 1. The summed E-state index contributed by atoms with van der Waals surface area (Å²) in [6.45, 7) is 2.58. The van der Waals surface area contributed by atoms with Crippen LogP contribution in [-0.2, 0) is 27.9 Å². The predicted octanol–water partition coefficient (Wildman–Crippen LogP) is 0.921. The third-order valence-corrected chi connectivity index (χ3v) is 7.01. The molecule has 1 N–H and O–H groups in total. The molecule has 2 aromatic carbocycles. The van der Waals surface area contributed by atoms with E-state index in [0.29, 0.717) is 37.6 Å². The molecule has 4 rings (SSSR count). The standard InChI is InChI=1S/C19H20F2N2O4S/c20-16-9-14(19-15(10-16)12-26-13-27-19)11-22-5-7-23(8-6-22)28(24,25)18-4-2-1-3-17(18)21/h1-4,9-10H,5-8,11-13H2/p+1. The van der Waals surface area contributed by atoms with Crippen LogP contribution >= 0.6 is 0 Å². The van der Waals surface area contributed by atoms with Crippen LogP contribution < -0.4 is 9.64 Å². The highest BCUT2D eigenvalue weighted by Gasteiger charge is 2.32. The van der Waals surface area contributed by atoms with Crippen molar-refractivity contribution in [3.8, 4) is 5.75 Å². The Balaban J connectivity index is 1.46. The Kier molecular flexibility index (Phi) is 5.33. The van der Waals surface area contributed by atoms with Crippen LogP contribution in [0.2, 0.25) is 0 Å². The van der Waals surface area contributed by atoms with E-state index in [-0.39, 0.29) is 30.6 Å². The van der Waals surface area contributed by atoms with Gasteiger partial charge in [-0.15, -0.1) is 0 Å². The molecule has 2 aliphatic heterocycles. The third kappa shape index (κ3) is 3.75. The zero-order valence-corrected chi connectivity index (χ0v) is 16.0. The minimum atomic E-state index is -3.87. The van der Waals surface area contributed by atoms with Gasteiger partial charge in [-0.25, -0.2) is 17.2 Å². The van der Waals surface area contributed by atoms with E-state index in [9.17, 15) is 17.2 Å². The molecule has 0 spiro atoms. The fourth-order valence-electron chi connectivity index (χ4n) is 3.67. The van der Waals surface area contributed by atoms with Crippen LogP contribution in [0.15, 0.2) is 41.3 Å². The van der Waals surface area contributed by atoms with Crippen molar-refractivity contribution < 1.29 is 31.6 Å². The van der Waals surface area contributed by atoms with E-state index in [4.69, 9.17) is 9.47 Å². The van der Waals surface area contributed by atoms with Crippen LogP contribution in [0.5, 0.6) is 5.75 Å². The van der Waals surface area contributed by atoms with Gasteiger partial charge in [0.15, 0.2) is 6.79 Å². The Labute approximate surface area is 162 Å². The van der Waals surface area contributed by atoms with Crippen LogP contribution in [0.1, 0.15) is 11.1 Å². The monoisotopic (exact) mass is 411 g/mol. The van der Waals surface area contributed by atoms with Gasteiger partial charge in [-0.1, -0.05) is 12.1 Å². The number of nitrogens with one attached hydrogen (secondary N) is 1. The zero-order valence-electron chi connectivity index (χ0n) is 15.2. The van der Waals surface area contributed by atoms with Crippen molar-refractivity contribution in [3.05, 3.63) is 59.2 Å². The van der Waals surface area contributed by atoms with E-state index in [1.165, 1.54) is 34.6 Å². The molecule has 9 heteroatoms. The maximum absolute atomic E-state index is 13.9. The highest BCUT2D eigenvalue weighted by molar-refractivity contribution is 7.89. The molecule has 2 aliphatic rings. The van der Waals surface area contributed by atoms with Crippen molar-refractivity contribution in [2.24, 2.45) is 0 Å². The smallest absolute Gasteiger partial charge is 0.246 e. The van der Waals surface area contributed by atoms with Gasteiger partial charge in [0, 0.05) is 5.56 Å². The summed E-state index contributed by atoms with van der Waals surface area (Å²) >= 11 is 0. The lowest BCUT2D eigenvalue weighted by atomic mass is 10.1. The molecule has 1 saturated heterocycles. The number of piperazine rings is 1. The van der Waals surface area contributed by atoms with E-state index in [0.717, 1.165) is 16.5 Å². The maximum Gasteiger partial charge on any atom is 0.246 e. The average Bonchev–Trinajstić information content (AvgIpc) is 2.68. The summed E-state index contributed by atoms with van der Waals surface area (Å²) in [6, 6.07) is 8.26. The molecule has 0 atom stereocenters. The van der Waals surface area contributed by atoms with Gasteiger partial charge >= 0.3 is 0 Å². The average molecular weight is 411 g/mol. The third-order valence-electron chi connectivity index (χ3n) is 5.08. The Morgan fingerprint density at radius 3 is 2.61 bits per heavy atom. The van der Waals surface area contributed by atoms with Crippen molar-refractivity contribution in [1.82, 2.24) is 4.31 Å². The number of sulfonamides is 1. The fraction of sp³-hybridized carbons (Fsp3) is 0.368. The molecule has 2 heterocycles. The molecule has 0 saturated carbocycles. The molecule has 150 valence electrons. The summed E-state index contributed by atoms with van der Waals surface area (Å²) in [5, 5.41) is 0. The highest BCUT2D eigenvalue weighted by atomic mass is 32.2. The minimum absolute atomic E-state index is 0.135. The lowest BCUT2D eigenvalue weighted by molar-refractivity contribution is -0.917. The van der Waals surface area contributed by atoms with Gasteiger partial charge in [0.25, 0.3) is 0 Å². The number of hydrogen-bond acceptors (Lipinski definition) is 4. The number of ether oxygens (including phenoxy) is 2. The molecule has 0 aliphatic carbocycles. The highest BCUT2D eigenvalue weighted by Crippen LogP contribution is 2.29. The van der Waals surface area contributed by atoms with Crippen LogP contribution in [-0.4, -0.2) is 45.7 Å². The Morgan fingerprint density at radius 1 is 1.11 bits per heavy atom. The second kappa shape index (κ2) is 7.75. The zero-order chi connectivity index (χ0) is 19.7. The van der Waals surface area contributed by atoms with Crippen LogP contribution in [0.3, 0.4) is 0 Å². The lowest BCUT2D eigenvalue weighted by Crippen LogP contribution is -3.13. The van der Waals surface area contributed by atoms with Gasteiger partial charge in [0.1, 0.15) is 28.8 Å². The normalized spacial score (nSPS) is 18.5. The van der Waals surface area contributed by atoms with Crippen LogP contribution in [0.4, 0.5) is 8.78 Å². The summed E-state index contributed by atoms with van der Waals surface area (Å²) in [6.07, 6.45) is 0. The largest absolute Gasteiger partial charge is 0.467 e. The molecule has 0 aromatic heterocycles. The van der Waals surface area contributed by atoms with E-state index in [1.807, 2.05) is 0 Å². The Bertz CT molecular complexity index is 976. The number of benzene rings is 2. The first-order chi connectivity index (χ1) is 13.4. The molecule has 28 heavy (non-hydrogen) atoms. The number of nitrogens with zero attached hydrogens (tertiary/aromatic N) is 1. The Hall–Kier alpha value is -2.07. The molecule has 2 aromatic rings. The summed E-state index contributed by atoms with van der Waals surface area (Å²) in [4.78, 5) is 0.814. The first kappa shape index (κ1) is 19.3. The number of rotatable bonds is 4. The fourth-order valence-corrected chi connectivity index (χ4v) is 5.18. The van der Waals surface area contributed by atoms with Crippen LogP contribution in [0, 0.1) is 11.6 Å². The van der Waals surface area contributed by atoms with Crippen molar-refractivity contribution in [2.75, 3.05) is 33.0 Å². The first-order valence-corrected chi connectivity index (χ1v) is 10.5. The van der Waals surface area contributed by atoms with Crippen molar-refractivity contribution >= 4 is 10.0 Å². The molecule has 0 amide bonds. The topological polar surface area (TPSA) is 60.3 Å². The molecular formula is C19H21F2N2O4S+. The first-order valence-electron chi connectivity index (χ1n) is 9.05. The van der Waals surface area contributed by atoms with Gasteiger partial charge in [0.05, 0.1) is 38.3 Å². The van der Waals surface area contributed by atoms with Gasteiger partial charge in [-0.05, 0) is 24.3 Å². The van der Waals surface area contributed by atoms with Gasteiger partial charge in [0.2, 0.25) is 10.0 Å². The van der Waals surface area contributed by atoms with Gasteiger partial charge < -0.3 is 14.4 Å². The number of halogens is 2. The van der Waals surface area contributed by atoms with Crippen molar-refractivity contribution in [3.63, 3.8) is 0 Å². The minimum Gasteiger partial charge on any atom is -0.467 e. The predicted molar refractivity (Wildman–Crippen MR) is 96.2 cm³/mol. The van der Waals surface area contributed by atoms with E-state index in [1.54, 1.807) is 0 Å². The number of hydrogen-bond donors (Lipinski definition) is 1. The van der Waals surface area contributed by atoms with E-state index < -0.39 is 15.8 Å². The molecule has 0 radical (unpaired) electrons. The van der Waals surface area contributed by atoms with Crippen molar-refractivity contribution in [1.29, 1.82) is 0 Å². The summed E-state index contributed by atoms with van der Waals surface area (Å²) < 4.78 is 65.3. The SMILES string of the molecule is O=S(=O)(c1ccccc1F)N1CC[NH+](Cc2cc(F)cc3c2OCOC3)CC1. The lowest BCUT2D eigenvalue weighted by Gasteiger charge is -2.32. The van der Waals surface area contributed by atoms with Gasteiger partial charge in [-0.3, -0.25) is 0 Å².